The summed E-state index contributed by atoms with van der Waals surface area (Å²) in [5.74, 6) is 1.38. The van der Waals surface area contributed by atoms with E-state index in [0.717, 1.165) is 11.3 Å². The van der Waals surface area contributed by atoms with E-state index in [-0.39, 0.29) is 10.6 Å². The number of carbonyl (C=O) groups is 1. The average molecular weight is 289 g/mol. The number of Topliss-reactive ketones (excluding diaryl/α,β-unsaturated/α-hetero) is 1. The van der Waals surface area contributed by atoms with Crippen molar-refractivity contribution in [2.45, 2.75) is 4.83 Å². The molecule has 17 heavy (non-hydrogen) atoms. The Kier molecular flexibility index (Phi) is 2.48. The molecule has 1 heterocycles. The third kappa shape index (κ3) is 1.67. The van der Waals surface area contributed by atoms with Gasteiger partial charge in [-0.3, -0.25) is 4.79 Å². The minimum Gasteiger partial charge on any atom is -0.456 e. The summed E-state index contributed by atoms with van der Waals surface area (Å²) >= 11 is 3.44. The zero-order chi connectivity index (χ0) is 11.8. The molecule has 0 aliphatic carbocycles. The van der Waals surface area contributed by atoms with Gasteiger partial charge in [0.1, 0.15) is 16.3 Å². The Labute approximate surface area is 107 Å². The Bertz CT molecular complexity index is 592. The first-order valence-corrected chi connectivity index (χ1v) is 6.23. The van der Waals surface area contributed by atoms with Gasteiger partial charge < -0.3 is 4.74 Å². The first-order valence-electron chi connectivity index (χ1n) is 5.31. The molecule has 3 heteroatoms. The molecule has 2 aromatic carbocycles. The molecule has 3 rings (SSSR count). The molecule has 2 aromatic rings. The van der Waals surface area contributed by atoms with E-state index in [1.165, 1.54) is 0 Å². The molecule has 0 radical (unpaired) electrons. The van der Waals surface area contributed by atoms with Crippen molar-refractivity contribution in [1.29, 1.82) is 0 Å². The second-order valence-corrected chi connectivity index (χ2v) is 4.78. The number of carbonyl (C=O) groups excluding carboxylic acids is 1. The van der Waals surface area contributed by atoms with Gasteiger partial charge in [-0.05, 0) is 18.2 Å². The van der Waals surface area contributed by atoms with E-state index in [1.807, 2.05) is 42.5 Å². The molecule has 0 bridgehead atoms. The number of alkyl halides is 1. The minimum atomic E-state index is -0.345. The fraction of sp³-hybridized carbons (Fsp3) is 0.0714. The van der Waals surface area contributed by atoms with Gasteiger partial charge in [-0.2, -0.15) is 0 Å². The lowest BCUT2D eigenvalue weighted by Crippen LogP contribution is -2.04. The summed E-state index contributed by atoms with van der Waals surface area (Å²) in [5, 5.41) is 0. The fourth-order valence-corrected chi connectivity index (χ4v) is 2.56. The molecule has 0 saturated heterocycles. The summed E-state index contributed by atoms with van der Waals surface area (Å²) in [4.78, 5) is 11.9. The second-order valence-electron chi connectivity index (χ2n) is 3.86. The normalized spacial score (nSPS) is 17.7. The Morgan fingerprint density at radius 1 is 0.941 bits per heavy atom. The summed E-state index contributed by atoms with van der Waals surface area (Å²) < 4.78 is 5.79. The van der Waals surface area contributed by atoms with Gasteiger partial charge in [-0.15, -0.1) is 0 Å². The van der Waals surface area contributed by atoms with Crippen LogP contribution in [-0.2, 0) is 0 Å². The van der Waals surface area contributed by atoms with Crippen LogP contribution in [-0.4, -0.2) is 5.78 Å². The van der Waals surface area contributed by atoms with Crippen LogP contribution in [0, 0.1) is 0 Å². The van der Waals surface area contributed by atoms with Crippen LogP contribution >= 0.6 is 15.9 Å². The van der Waals surface area contributed by atoms with Crippen molar-refractivity contribution in [2.75, 3.05) is 0 Å². The highest BCUT2D eigenvalue weighted by Gasteiger charge is 2.28. The van der Waals surface area contributed by atoms with Gasteiger partial charge in [0, 0.05) is 5.56 Å². The van der Waals surface area contributed by atoms with Crippen LogP contribution in [0.4, 0.5) is 0 Å². The quantitative estimate of drug-likeness (QED) is 0.682. The van der Waals surface area contributed by atoms with Crippen LogP contribution in [0.15, 0.2) is 48.5 Å². The maximum atomic E-state index is 12.3. The first-order chi connectivity index (χ1) is 8.27. The Hall–Kier alpha value is -1.61. The maximum Gasteiger partial charge on any atom is 0.184 e. The molecule has 1 aliphatic rings. The molecular formula is C14H9BrO2. The number of ketones is 1. The number of para-hydroxylation sites is 2. The number of halogens is 1. The van der Waals surface area contributed by atoms with E-state index in [0.29, 0.717) is 11.3 Å². The van der Waals surface area contributed by atoms with Crippen molar-refractivity contribution in [3.63, 3.8) is 0 Å². The van der Waals surface area contributed by atoms with Crippen LogP contribution in [0.25, 0.3) is 0 Å². The van der Waals surface area contributed by atoms with Crippen molar-refractivity contribution in [3.8, 4) is 11.5 Å². The Morgan fingerprint density at radius 3 is 2.41 bits per heavy atom. The van der Waals surface area contributed by atoms with E-state index >= 15 is 0 Å². The molecule has 1 aliphatic heterocycles. The summed E-state index contributed by atoms with van der Waals surface area (Å²) in [6.45, 7) is 0. The smallest absolute Gasteiger partial charge is 0.184 e. The van der Waals surface area contributed by atoms with Crippen LogP contribution in [0.2, 0.25) is 0 Å². The number of ether oxygens (including phenoxy) is 1. The Morgan fingerprint density at radius 2 is 1.59 bits per heavy atom. The van der Waals surface area contributed by atoms with E-state index < -0.39 is 0 Å². The average Bonchev–Trinajstić information content (AvgIpc) is 2.48. The number of rotatable bonds is 0. The van der Waals surface area contributed by atoms with E-state index in [9.17, 15) is 4.79 Å². The van der Waals surface area contributed by atoms with Crippen molar-refractivity contribution in [2.24, 2.45) is 0 Å². The molecule has 0 N–H and O–H groups in total. The molecule has 0 spiro atoms. The van der Waals surface area contributed by atoms with Gasteiger partial charge in [-0.25, -0.2) is 0 Å². The predicted molar refractivity (Wildman–Crippen MR) is 69.0 cm³/mol. The zero-order valence-corrected chi connectivity index (χ0v) is 10.5. The van der Waals surface area contributed by atoms with Gasteiger partial charge >= 0.3 is 0 Å². The third-order valence-electron chi connectivity index (χ3n) is 2.79. The molecular weight excluding hydrogens is 280 g/mol. The van der Waals surface area contributed by atoms with Crippen LogP contribution in [0.5, 0.6) is 11.5 Å². The number of hydrogen-bond donors (Lipinski definition) is 0. The van der Waals surface area contributed by atoms with Crippen LogP contribution < -0.4 is 4.74 Å². The summed E-state index contributed by atoms with van der Waals surface area (Å²) in [6, 6.07) is 14.9. The Balaban J connectivity index is 2.24. The standard InChI is InChI=1S/C14H9BrO2/c15-13-9-5-1-3-7-11(9)17-12-8-4-2-6-10(12)14(13)16/h1-8,13H. The lowest BCUT2D eigenvalue weighted by molar-refractivity contribution is 0.0992. The molecule has 0 fully saturated rings. The largest absolute Gasteiger partial charge is 0.456 e. The van der Waals surface area contributed by atoms with Crippen LogP contribution in [0.3, 0.4) is 0 Å². The van der Waals surface area contributed by atoms with Gasteiger partial charge in [0.05, 0.1) is 5.56 Å². The lowest BCUT2D eigenvalue weighted by Gasteiger charge is -2.08. The molecule has 84 valence electrons. The van der Waals surface area contributed by atoms with E-state index in [1.54, 1.807) is 6.07 Å². The highest BCUT2D eigenvalue weighted by molar-refractivity contribution is 9.09. The van der Waals surface area contributed by atoms with E-state index in [2.05, 4.69) is 15.9 Å². The number of benzene rings is 2. The minimum absolute atomic E-state index is 0.0329. The molecule has 1 atom stereocenters. The summed E-state index contributed by atoms with van der Waals surface area (Å²) in [7, 11) is 0. The molecule has 1 unspecified atom stereocenters. The highest BCUT2D eigenvalue weighted by Crippen LogP contribution is 2.41. The predicted octanol–water partition coefficient (Wildman–Crippen LogP) is 4.11. The first kappa shape index (κ1) is 10.5. The molecule has 2 nitrogen and oxygen atoms in total. The van der Waals surface area contributed by atoms with Crippen molar-refractivity contribution >= 4 is 21.7 Å². The van der Waals surface area contributed by atoms with Crippen molar-refractivity contribution < 1.29 is 9.53 Å². The van der Waals surface area contributed by atoms with Crippen molar-refractivity contribution in [1.82, 2.24) is 0 Å². The van der Waals surface area contributed by atoms with Gasteiger partial charge in [0.2, 0.25) is 0 Å². The maximum absolute atomic E-state index is 12.3. The van der Waals surface area contributed by atoms with E-state index in [4.69, 9.17) is 4.74 Å². The van der Waals surface area contributed by atoms with Gasteiger partial charge in [0.15, 0.2) is 5.78 Å². The molecule has 0 saturated carbocycles. The lowest BCUT2D eigenvalue weighted by atomic mass is 10.0. The van der Waals surface area contributed by atoms with Crippen molar-refractivity contribution in [3.05, 3.63) is 59.7 Å². The van der Waals surface area contributed by atoms with Gasteiger partial charge in [0.25, 0.3) is 0 Å². The monoisotopic (exact) mass is 288 g/mol. The summed E-state index contributed by atoms with van der Waals surface area (Å²) in [5.41, 5.74) is 1.49. The second kappa shape index (κ2) is 4.00. The number of hydrogen-bond acceptors (Lipinski definition) is 2. The van der Waals surface area contributed by atoms with Gasteiger partial charge in [-0.1, -0.05) is 46.3 Å². The van der Waals surface area contributed by atoms with Crippen LogP contribution in [0.1, 0.15) is 20.7 Å². The SMILES string of the molecule is O=C1c2ccccc2Oc2ccccc2C1Br. The third-order valence-corrected chi connectivity index (χ3v) is 3.70. The molecule has 0 amide bonds. The number of fused-ring (bicyclic) bond motifs is 2. The summed E-state index contributed by atoms with van der Waals surface area (Å²) in [6.07, 6.45) is 0. The fourth-order valence-electron chi connectivity index (χ4n) is 1.94. The zero-order valence-electron chi connectivity index (χ0n) is 8.89. The highest BCUT2D eigenvalue weighted by atomic mass is 79.9. The topological polar surface area (TPSA) is 26.3 Å². The molecule has 0 aromatic heterocycles.